The smallest absolute Gasteiger partial charge is 0.339 e. The molecule has 0 radical (unpaired) electrons. The van der Waals surface area contributed by atoms with Crippen molar-refractivity contribution in [2.75, 3.05) is 6.61 Å². The molecule has 8 heteroatoms. The van der Waals surface area contributed by atoms with Gasteiger partial charge in [-0.3, -0.25) is 9.36 Å². The molecular weight excluding hydrogens is 371 g/mol. The second-order valence-corrected chi connectivity index (χ2v) is 6.60. The summed E-state index contributed by atoms with van der Waals surface area (Å²) in [5.74, 6) is -0.531. The number of hydrogen-bond donors (Lipinski definition) is 0. The number of aromatic nitrogens is 2. The molecule has 124 valence electrons. The molecule has 0 atom stereocenters. The van der Waals surface area contributed by atoms with Gasteiger partial charge in [0.15, 0.2) is 0 Å². The van der Waals surface area contributed by atoms with Crippen molar-refractivity contribution in [2.24, 2.45) is 0 Å². The number of fused-ring (bicyclic) bond motifs is 1. The summed E-state index contributed by atoms with van der Waals surface area (Å²) >= 11 is 13.5. The molecule has 0 fully saturated rings. The summed E-state index contributed by atoms with van der Waals surface area (Å²) in [5, 5.41) is 2.77. The van der Waals surface area contributed by atoms with Crippen LogP contribution < -0.4 is 5.56 Å². The summed E-state index contributed by atoms with van der Waals surface area (Å²) in [6, 6.07) is 5.14. The van der Waals surface area contributed by atoms with Gasteiger partial charge >= 0.3 is 5.97 Å². The monoisotopic (exact) mass is 382 g/mol. The highest BCUT2D eigenvalue weighted by Crippen LogP contribution is 2.26. The number of hydrogen-bond acceptors (Lipinski definition) is 5. The van der Waals surface area contributed by atoms with Gasteiger partial charge in [-0.2, -0.15) is 0 Å². The first-order valence-electron chi connectivity index (χ1n) is 7.09. The second-order valence-electron chi connectivity index (χ2n) is 4.93. The predicted octanol–water partition coefficient (Wildman–Crippen LogP) is 3.99. The Bertz CT molecular complexity index is 961. The SMILES string of the molecule is CCOC(=O)c1csc2ncn(Cc3c(Cl)cccc3Cl)c(=O)c12. The Morgan fingerprint density at radius 3 is 2.71 bits per heavy atom. The summed E-state index contributed by atoms with van der Waals surface area (Å²) in [6.07, 6.45) is 1.43. The zero-order valence-corrected chi connectivity index (χ0v) is 14.9. The molecule has 24 heavy (non-hydrogen) atoms. The zero-order valence-electron chi connectivity index (χ0n) is 12.6. The maximum absolute atomic E-state index is 12.8. The first-order valence-corrected chi connectivity index (χ1v) is 8.73. The summed E-state index contributed by atoms with van der Waals surface area (Å²) in [4.78, 5) is 29.5. The van der Waals surface area contributed by atoms with Crippen molar-refractivity contribution in [1.82, 2.24) is 9.55 Å². The lowest BCUT2D eigenvalue weighted by Gasteiger charge is -2.09. The van der Waals surface area contributed by atoms with Crippen LogP contribution in [0.3, 0.4) is 0 Å². The van der Waals surface area contributed by atoms with Crippen LogP contribution in [0.4, 0.5) is 0 Å². The van der Waals surface area contributed by atoms with Crippen molar-refractivity contribution < 1.29 is 9.53 Å². The molecule has 0 saturated carbocycles. The molecule has 3 rings (SSSR count). The first-order chi connectivity index (χ1) is 11.5. The van der Waals surface area contributed by atoms with Gasteiger partial charge in [-0.15, -0.1) is 11.3 Å². The van der Waals surface area contributed by atoms with E-state index in [2.05, 4.69) is 4.98 Å². The van der Waals surface area contributed by atoms with Crippen LogP contribution in [-0.4, -0.2) is 22.1 Å². The number of rotatable bonds is 4. The average molecular weight is 383 g/mol. The van der Waals surface area contributed by atoms with Crippen LogP contribution in [0.5, 0.6) is 0 Å². The molecule has 1 aromatic carbocycles. The third-order valence-electron chi connectivity index (χ3n) is 3.45. The molecule has 0 unspecified atom stereocenters. The molecule has 5 nitrogen and oxygen atoms in total. The predicted molar refractivity (Wildman–Crippen MR) is 95.4 cm³/mol. The fourth-order valence-corrected chi connectivity index (χ4v) is 3.68. The summed E-state index contributed by atoms with van der Waals surface area (Å²) in [6.45, 7) is 2.11. The molecule has 0 spiro atoms. The molecule has 0 amide bonds. The normalized spacial score (nSPS) is 11.0. The standard InChI is InChI=1S/C16H12Cl2N2O3S/c1-2-23-16(22)10-7-24-14-13(10)15(21)20(8-19-14)6-9-11(17)4-3-5-12(9)18/h3-5,7-8H,2,6H2,1H3. The Labute approximate surface area is 151 Å². The summed E-state index contributed by atoms with van der Waals surface area (Å²) in [7, 11) is 0. The topological polar surface area (TPSA) is 61.2 Å². The molecule has 0 N–H and O–H groups in total. The van der Waals surface area contributed by atoms with Gasteiger partial charge in [-0.05, 0) is 19.1 Å². The zero-order chi connectivity index (χ0) is 17.3. The maximum Gasteiger partial charge on any atom is 0.339 e. The number of carbonyl (C=O) groups is 1. The quantitative estimate of drug-likeness (QED) is 0.640. The van der Waals surface area contributed by atoms with Crippen molar-refractivity contribution in [3.8, 4) is 0 Å². The summed E-state index contributed by atoms with van der Waals surface area (Å²) in [5.41, 5.74) is 0.520. The van der Waals surface area contributed by atoms with Gasteiger partial charge < -0.3 is 4.74 Å². The molecule has 3 aromatic rings. The molecule has 0 aliphatic rings. The first kappa shape index (κ1) is 17.0. The average Bonchev–Trinajstić information content (AvgIpc) is 2.98. The van der Waals surface area contributed by atoms with Crippen LogP contribution in [0.25, 0.3) is 10.2 Å². The van der Waals surface area contributed by atoms with E-state index in [0.29, 0.717) is 20.4 Å². The molecule has 0 bridgehead atoms. The van der Waals surface area contributed by atoms with Crippen LogP contribution >= 0.6 is 34.5 Å². The van der Waals surface area contributed by atoms with Gasteiger partial charge in [0, 0.05) is 21.0 Å². The van der Waals surface area contributed by atoms with Crippen molar-refractivity contribution in [3.05, 3.63) is 61.4 Å². The maximum atomic E-state index is 12.8. The molecule has 2 heterocycles. The van der Waals surface area contributed by atoms with Crippen LogP contribution in [0.2, 0.25) is 10.0 Å². The highest BCUT2D eigenvalue weighted by Gasteiger charge is 2.19. The van der Waals surface area contributed by atoms with Crippen LogP contribution in [0.15, 0.2) is 34.7 Å². The minimum absolute atomic E-state index is 0.165. The van der Waals surface area contributed by atoms with E-state index in [1.165, 1.54) is 22.2 Å². The Hall–Kier alpha value is -1.89. The van der Waals surface area contributed by atoms with E-state index in [1.54, 1.807) is 30.5 Å². The number of esters is 1. The van der Waals surface area contributed by atoms with Crippen molar-refractivity contribution in [3.63, 3.8) is 0 Å². The number of nitrogens with zero attached hydrogens (tertiary/aromatic N) is 2. The Morgan fingerprint density at radius 2 is 2.04 bits per heavy atom. The van der Waals surface area contributed by atoms with Crippen molar-refractivity contribution in [2.45, 2.75) is 13.5 Å². The van der Waals surface area contributed by atoms with Gasteiger partial charge in [0.25, 0.3) is 5.56 Å². The number of benzene rings is 1. The fourth-order valence-electron chi connectivity index (χ4n) is 2.29. The highest BCUT2D eigenvalue weighted by molar-refractivity contribution is 7.17. The Morgan fingerprint density at radius 1 is 1.33 bits per heavy atom. The number of ether oxygens (including phenoxy) is 1. The van der Waals surface area contributed by atoms with E-state index in [0.717, 1.165) is 0 Å². The van der Waals surface area contributed by atoms with Gasteiger partial charge in [-0.25, -0.2) is 9.78 Å². The number of thiophene rings is 1. The number of carbonyl (C=O) groups excluding carboxylic acids is 1. The van der Waals surface area contributed by atoms with Crippen LogP contribution in [0.1, 0.15) is 22.8 Å². The van der Waals surface area contributed by atoms with E-state index in [4.69, 9.17) is 27.9 Å². The Kier molecular flexibility index (Phi) is 4.89. The minimum atomic E-state index is -0.531. The summed E-state index contributed by atoms with van der Waals surface area (Å²) < 4.78 is 6.38. The minimum Gasteiger partial charge on any atom is -0.462 e. The van der Waals surface area contributed by atoms with Gasteiger partial charge in [0.1, 0.15) is 4.83 Å². The van der Waals surface area contributed by atoms with Gasteiger partial charge in [0.05, 0.1) is 30.4 Å². The van der Waals surface area contributed by atoms with Crippen molar-refractivity contribution >= 4 is 50.7 Å². The number of halogens is 2. The molecule has 0 aliphatic heterocycles. The van der Waals surface area contributed by atoms with E-state index < -0.39 is 5.97 Å². The van der Waals surface area contributed by atoms with Crippen molar-refractivity contribution in [1.29, 1.82) is 0 Å². The fraction of sp³-hybridized carbons (Fsp3) is 0.188. The van der Waals surface area contributed by atoms with E-state index in [-0.39, 0.29) is 29.7 Å². The lowest BCUT2D eigenvalue weighted by Crippen LogP contribution is -2.22. The van der Waals surface area contributed by atoms with E-state index in [9.17, 15) is 9.59 Å². The molecule has 0 saturated heterocycles. The largest absolute Gasteiger partial charge is 0.462 e. The lowest BCUT2D eigenvalue weighted by molar-refractivity contribution is 0.0529. The van der Waals surface area contributed by atoms with E-state index in [1.807, 2.05) is 0 Å². The van der Waals surface area contributed by atoms with Crippen LogP contribution in [-0.2, 0) is 11.3 Å². The van der Waals surface area contributed by atoms with Gasteiger partial charge in [0.2, 0.25) is 0 Å². The van der Waals surface area contributed by atoms with Crippen LogP contribution in [0, 0.1) is 0 Å². The van der Waals surface area contributed by atoms with Gasteiger partial charge in [-0.1, -0.05) is 29.3 Å². The third-order valence-corrected chi connectivity index (χ3v) is 5.04. The third kappa shape index (κ3) is 3.05. The highest BCUT2D eigenvalue weighted by atomic mass is 35.5. The van der Waals surface area contributed by atoms with E-state index >= 15 is 0 Å². The second kappa shape index (κ2) is 6.93. The molecule has 0 aliphatic carbocycles. The molecule has 2 aromatic heterocycles. The lowest BCUT2D eigenvalue weighted by atomic mass is 10.2. The Balaban J connectivity index is 2.10. The molecular formula is C16H12Cl2N2O3S.